The third kappa shape index (κ3) is 7.62. The number of hydrogen-bond donors (Lipinski definition) is 2. The van der Waals surface area contributed by atoms with Gasteiger partial charge in [0, 0.05) is 19.5 Å². The van der Waals surface area contributed by atoms with E-state index in [0.717, 1.165) is 5.56 Å². The van der Waals surface area contributed by atoms with Gasteiger partial charge in [0.1, 0.15) is 0 Å². The van der Waals surface area contributed by atoms with E-state index in [9.17, 15) is 22.8 Å². The summed E-state index contributed by atoms with van der Waals surface area (Å²) < 4.78 is 46.6. The SMILES string of the molecule is CCOc1ccc(CCC(=O)NCCCNC(=O)C(F)(F)F)cc1OC. The molecular formula is C17H23F3N2O4. The van der Waals surface area contributed by atoms with E-state index >= 15 is 0 Å². The van der Waals surface area contributed by atoms with E-state index in [1.54, 1.807) is 17.4 Å². The van der Waals surface area contributed by atoms with Crippen LogP contribution in [0.5, 0.6) is 11.5 Å². The Morgan fingerprint density at radius 1 is 1.12 bits per heavy atom. The van der Waals surface area contributed by atoms with Crippen molar-refractivity contribution in [1.82, 2.24) is 10.6 Å². The van der Waals surface area contributed by atoms with Crippen LogP contribution in [-0.4, -0.2) is 44.8 Å². The van der Waals surface area contributed by atoms with Crippen molar-refractivity contribution in [3.8, 4) is 11.5 Å². The van der Waals surface area contributed by atoms with Crippen molar-refractivity contribution in [3.05, 3.63) is 23.8 Å². The summed E-state index contributed by atoms with van der Waals surface area (Å²) in [6.45, 7) is 2.41. The zero-order valence-corrected chi connectivity index (χ0v) is 14.7. The third-order valence-electron chi connectivity index (χ3n) is 3.39. The van der Waals surface area contributed by atoms with Gasteiger partial charge in [-0.1, -0.05) is 6.07 Å². The zero-order chi connectivity index (χ0) is 19.6. The van der Waals surface area contributed by atoms with Gasteiger partial charge in [-0.25, -0.2) is 0 Å². The first-order valence-corrected chi connectivity index (χ1v) is 8.19. The highest BCUT2D eigenvalue weighted by molar-refractivity contribution is 5.81. The number of methoxy groups -OCH3 is 1. The van der Waals surface area contributed by atoms with E-state index < -0.39 is 12.1 Å². The zero-order valence-electron chi connectivity index (χ0n) is 14.7. The van der Waals surface area contributed by atoms with Crippen LogP contribution in [0.3, 0.4) is 0 Å². The van der Waals surface area contributed by atoms with E-state index in [1.807, 2.05) is 13.0 Å². The van der Waals surface area contributed by atoms with Gasteiger partial charge in [-0.15, -0.1) is 0 Å². The van der Waals surface area contributed by atoms with Gasteiger partial charge in [-0.3, -0.25) is 9.59 Å². The van der Waals surface area contributed by atoms with Crippen LogP contribution >= 0.6 is 0 Å². The van der Waals surface area contributed by atoms with Crippen LogP contribution in [0.4, 0.5) is 13.2 Å². The topological polar surface area (TPSA) is 76.7 Å². The number of carbonyl (C=O) groups excluding carboxylic acids is 2. The summed E-state index contributed by atoms with van der Waals surface area (Å²) in [7, 11) is 1.53. The maximum absolute atomic E-state index is 12.0. The molecule has 0 aromatic heterocycles. The molecule has 9 heteroatoms. The van der Waals surface area contributed by atoms with Crippen molar-refractivity contribution in [3.63, 3.8) is 0 Å². The Labute approximate surface area is 150 Å². The Morgan fingerprint density at radius 2 is 1.81 bits per heavy atom. The standard InChI is InChI=1S/C17H23F3N2O4/c1-3-26-13-7-5-12(11-14(13)25-2)6-8-15(23)21-9-4-10-22-16(24)17(18,19)20/h5,7,11H,3-4,6,8-10H2,1-2H3,(H,21,23)(H,22,24). The molecule has 1 aromatic rings. The molecule has 0 radical (unpaired) electrons. The molecule has 0 spiro atoms. The molecule has 0 fully saturated rings. The van der Waals surface area contributed by atoms with E-state index in [0.29, 0.717) is 24.5 Å². The molecule has 2 amide bonds. The average molecular weight is 376 g/mol. The molecule has 146 valence electrons. The molecule has 0 aliphatic carbocycles. The molecular weight excluding hydrogens is 353 g/mol. The number of aryl methyl sites for hydroxylation is 1. The molecule has 0 unspecified atom stereocenters. The number of alkyl halides is 3. The molecule has 0 saturated carbocycles. The summed E-state index contributed by atoms with van der Waals surface area (Å²) in [5.74, 6) is -0.984. The lowest BCUT2D eigenvalue weighted by Crippen LogP contribution is -2.38. The number of nitrogens with one attached hydrogen (secondary N) is 2. The summed E-state index contributed by atoms with van der Waals surface area (Å²) in [6, 6.07) is 5.41. The van der Waals surface area contributed by atoms with E-state index in [-0.39, 0.29) is 31.8 Å². The summed E-state index contributed by atoms with van der Waals surface area (Å²) in [5, 5.41) is 4.34. The number of halogens is 3. The Morgan fingerprint density at radius 3 is 2.42 bits per heavy atom. The lowest BCUT2D eigenvalue weighted by molar-refractivity contribution is -0.173. The van der Waals surface area contributed by atoms with Gasteiger partial charge in [-0.05, 0) is 37.5 Å². The smallest absolute Gasteiger partial charge is 0.471 e. The fraction of sp³-hybridized carbons (Fsp3) is 0.529. The van der Waals surface area contributed by atoms with Crippen molar-refractivity contribution >= 4 is 11.8 Å². The predicted octanol–water partition coefficient (Wildman–Crippen LogP) is 2.21. The molecule has 6 nitrogen and oxygen atoms in total. The van der Waals surface area contributed by atoms with Crippen molar-refractivity contribution in [2.45, 2.75) is 32.4 Å². The molecule has 0 atom stereocenters. The molecule has 1 aromatic carbocycles. The number of ether oxygens (including phenoxy) is 2. The highest BCUT2D eigenvalue weighted by atomic mass is 19.4. The van der Waals surface area contributed by atoms with E-state index in [4.69, 9.17) is 9.47 Å². The van der Waals surface area contributed by atoms with Crippen LogP contribution in [0.1, 0.15) is 25.3 Å². The molecule has 0 aliphatic heterocycles. The van der Waals surface area contributed by atoms with Gasteiger partial charge >= 0.3 is 12.1 Å². The number of carbonyl (C=O) groups is 2. The maximum atomic E-state index is 12.0. The average Bonchev–Trinajstić information content (AvgIpc) is 2.59. The summed E-state index contributed by atoms with van der Waals surface area (Å²) in [4.78, 5) is 22.4. The van der Waals surface area contributed by atoms with Crippen LogP contribution < -0.4 is 20.1 Å². The van der Waals surface area contributed by atoms with Crippen LogP contribution in [0.15, 0.2) is 18.2 Å². The van der Waals surface area contributed by atoms with Crippen molar-refractivity contribution in [1.29, 1.82) is 0 Å². The Kier molecular flexibility index (Phi) is 8.74. The van der Waals surface area contributed by atoms with Crippen molar-refractivity contribution in [2.75, 3.05) is 26.8 Å². The first-order valence-electron chi connectivity index (χ1n) is 8.19. The molecule has 1 rings (SSSR count). The minimum absolute atomic E-state index is 0.158. The van der Waals surface area contributed by atoms with Gasteiger partial charge in [0.2, 0.25) is 5.91 Å². The molecule has 0 heterocycles. The van der Waals surface area contributed by atoms with Crippen LogP contribution in [0.25, 0.3) is 0 Å². The van der Waals surface area contributed by atoms with Gasteiger partial charge in [0.25, 0.3) is 0 Å². The number of benzene rings is 1. The largest absolute Gasteiger partial charge is 0.493 e. The summed E-state index contributed by atoms with van der Waals surface area (Å²) in [6.07, 6.45) is -3.96. The van der Waals surface area contributed by atoms with Crippen LogP contribution in [0.2, 0.25) is 0 Å². The number of hydrogen-bond acceptors (Lipinski definition) is 4. The monoisotopic (exact) mass is 376 g/mol. The summed E-state index contributed by atoms with van der Waals surface area (Å²) in [5.41, 5.74) is 0.901. The van der Waals surface area contributed by atoms with Crippen LogP contribution in [-0.2, 0) is 16.0 Å². The number of amides is 2. The Hall–Kier alpha value is -2.45. The third-order valence-corrected chi connectivity index (χ3v) is 3.39. The quantitative estimate of drug-likeness (QED) is 0.614. The van der Waals surface area contributed by atoms with Gasteiger partial charge < -0.3 is 20.1 Å². The van der Waals surface area contributed by atoms with Gasteiger partial charge in [0.15, 0.2) is 11.5 Å². The highest BCUT2D eigenvalue weighted by Gasteiger charge is 2.38. The van der Waals surface area contributed by atoms with Crippen LogP contribution in [0, 0.1) is 0 Å². The molecule has 26 heavy (non-hydrogen) atoms. The van der Waals surface area contributed by atoms with E-state index in [1.165, 1.54) is 7.11 Å². The van der Waals surface area contributed by atoms with Gasteiger partial charge in [0.05, 0.1) is 13.7 Å². The second-order valence-corrected chi connectivity index (χ2v) is 5.38. The number of rotatable bonds is 10. The minimum Gasteiger partial charge on any atom is -0.493 e. The second kappa shape index (κ2) is 10.5. The predicted molar refractivity (Wildman–Crippen MR) is 89.2 cm³/mol. The van der Waals surface area contributed by atoms with Crippen molar-refractivity contribution < 1.29 is 32.2 Å². The fourth-order valence-electron chi connectivity index (χ4n) is 2.11. The lowest BCUT2D eigenvalue weighted by Gasteiger charge is -2.11. The van der Waals surface area contributed by atoms with E-state index in [2.05, 4.69) is 5.32 Å². The first-order chi connectivity index (χ1) is 12.3. The van der Waals surface area contributed by atoms with Gasteiger partial charge in [-0.2, -0.15) is 13.2 Å². The normalized spacial score (nSPS) is 11.0. The fourth-order valence-corrected chi connectivity index (χ4v) is 2.11. The Balaban J connectivity index is 2.29. The highest BCUT2D eigenvalue weighted by Crippen LogP contribution is 2.28. The maximum Gasteiger partial charge on any atom is 0.471 e. The lowest BCUT2D eigenvalue weighted by atomic mass is 10.1. The molecule has 2 N–H and O–H groups in total. The molecule has 0 bridgehead atoms. The minimum atomic E-state index is -4.89. The molecule has 0 aliphatic rings. The second-order valence-electron chi connectivity index (χ2n) is 5.38. The summed E-state index contributed by atoms with van der Waals surface area (Å²) >= 11 is 0. The Bertz CT molecular complexity index is 606. The van der Waals surface area contributed by atoms with Crippen molar-refractivity contribution in [2.24, 2.45) is 0 Å². The molecule has 0 saturated heterocycles. The first kappa shape index (κ1) is 21.6.